The fourth-order valence-electron chi connectivity index (χ4n) is 1.49. The lowest BCUT2D eigenvalue weighted by Crippen LogP contribution is -2.16. The molecule has 0 heterocycles. The molecule has 1 atom stereocenters. The van der Waals surface area contributed by atoms with Gasteiger partial charge in [-0.05, 0) is 26.8 Å². The smallest absolute Gasteiger partial charge is 0.344 e. The van der Waals surface area contributed by atoms with Gasteiger partial charge in [-0.25, -0.2) is 4.79 Å². The Hall–Kier alpha value is -1.55. The first-order valence-corrected chi connectivity index (χ1v) is 5.69. The van der Waals surface area contributed by atoms with Crippen LogP contribution in [-0.4, -0.2) is 19.2 Å². The van der Waals surface area contributed by atoms with Gasteiger partial charge in [0.05, 0.1) is 6.61 Å². The first-order valence-electron chi connectivity index (χ1n) is 5.69. The summed E-state index contributed by atoms with van der Waals surface area (Å²) < 4.78 is 10.2. The van der Waals surface area contributed by atoms with Crippen molar-refractivity contribution >= 4 is 5.97 Å². The summed E-state index contributed by atoms with van der Waals surface area (Å²) in [7, 11) is 0. The van der Waals surface area contributed by atoms with Crippen molar-refractivity contribution in [3.8, 4) is 5.75 Å². The van der Waals surface area contributed by atoms with E-state index in [0.29, 0.717) is 12.4 Å². The summed E-state index contributed by atoms with van der Waals surface area (Å²) in [5, 5.41) is 0. The molecule has 4 heteroatoms. The van der Waals surface area contributed by atoms with E-state index in [1.165, 1.54) is 0 Å². The maximum absolute atomic E-state index is 11.2. The van der Waals surface area contributed by atoms with Crippen LogP contribution < -0.4 is 10.5 Å². The zero-order chi connectivity index (χ0) is 12.8. The summed E-state index contributed by atoms with van der Waals surface area (Å²) in [6, 6.07) is 5.58. The van der Waals surface area contributed by atoms with Gasteiger partial charge < -0.3 is 15.2 Å². The lowest BCUT2D eigenvalue weighted by molar-refractivity contribution is -0.145. The predicted octanol–water partition coefficient (Wildman–Crippen LogP) is 1.96. The molecule has 2 N–H and O–H groups in total. The highest BCUT2D eigenvalue weighted by Crippen LogP contribution is 2.24. The summed E-state index contributed by atoms with van der Waals surface area (Å²) in [5.41, 5.74) is 7.86. The molecule has 0 saturated heterocycles. The molecule has 17 heavy (non-hydrogen) atoms. The monoisotopic (exact) mass is 237 g/mol. The van der Waals surface area contributed by atoms with E-state index in [9.17, 15) is 4.79 Å². The Balaban J connectivity index is 2.73. The van der Waals surface area contributed by atoms with E-state index in [2.05, 4.69) is 0 Å². The molecule has 0 amide bonds. The summed E-state index contributed by atoms with van der Waals surface area (Å²) in [4.78, 5) is 11.2. The molecular formula is C13H19NO3. The van der Waals surface area contributed by atoms with E-state index in [0.717, 1.165) is 11.1 Å². The molecule has 0 spiro atoms. The fraction of sp³-hybridized carbons (Fsp3) is 0.462. The molecule has 1 aromatic rings. The molecule has 4 nitrogen and oxygen atoms in total. The minimum atomic E-state index is -0.372. The second-order valence-electron chi connectivity index (χ2n) is 3.92. The van der Waals surface area contributed by atoms with Crippen molar-refractivity contribution in [1.82, 2.24) is 0 Å². The number of carbonyl (C=O) groups excluding carboxylic acids is 1. The van der Waals surface area contributed by atoms with Crippen molar-refractivity contribution in [1.29, 1.82) is 0 Å². The third-order valence-corrected chi connectivity index (χ3v) is 2.31. The van der Waals surface area contributed by atoms with Crippen LogP contribution in [0.5, 0.6) is 5.75 Å². The van der Waals surface area contributed by atoms with Gasteiger partial charge in [-0.15, -0.1) is 0 Å². The predicted molar refractivity (Wildman–Crippen MR) is 65.9 cm³/mol. The van der Waals surface area contributed by atoms with Crippen LogP contribution in [0.3, 0.4) is 0 Å². The van der Waals surface area contributed by atoms with Gasteiger partial charge in [-0.1, -0.05) is 17.7 Å². The summed E-state index contributed by atoms with van der Waals surface area (Å²) in [6.45, 7) is 5.90. The molecule has 0 aliphatic rings. The van der Waals surface area contributed by atoms with Gasteiger partial charge in [0.1, 0.15) is 5.75 Å². The average molecular weight is 237 g/mol. The minimum absolute atomic E-state index is 0.0867. The van der Waals surface area contributed by atoms with Gasteiger partial charge in [0.15, 0.2) is 6.61 Å². The Kier molecular flexibility index (Phi) is 4.97. The molecule has 1 rings (SSSR count). The number of aryl methyl sites for hydroxylation is 1. The number of ether oxygens (including phenoxy) is 2. The number of benzene rings is 1. The molecule has 0 radical (unpaired) electrons. The van der Waals surface area contributed by atoms with E-state index >= 15 is 0 Å². The van der Waals surface area contributed by atoms with Gasteiger partial charge in [-0.3, -0.25) is 0 Å². The zero-order valence-electron chi connectivity index (χ0n) is 10.5. The molecule has 0 fully saturated rings. The molecule has 94 valence electrons. The van der Waals surface area contributed by atoms with Gasteiger partial charge in [0.2, 0.25) is 0 Å². The van der Waals surface area contributed by atoms with Gasteiger partial charge in [0.25, 0.3) is 0 Å². The van der Waals surface area contributed by atoms with E-state index in [1.54, 1.807) is 6.92 Å². The van der Waals surface area contributed by atoms with Crippen LogP contribution in [0.4, 0.5) is 0 Å². The van der Waals surface area contributed by atoms with Crippen LogP contribution in [0, 0.1) is 6.92 Å². The van der Waals surface area contributed by atoms with Crippen LogP contribution in [0.2, 0.25) is 0 Å². The highest BCUT2D eigenvalue weighted by molar-refractivity contribution is 5.71. The molecule has 0 aromatic heterocycles. The zero-order valence-corrected chi connectivity index (χ0v) is 10.5. The fourth-order valence-corrected chi connectivity index (χ4v) is 1.49. The maximum Gasteiger partial charge on any atom is 0.344 e. The second kappa shape index (κ2) is 6.25. The van der Waals surface area contributed by atoms with Crippen LogP contribution in [0.25, 0.3) is 0 Å². The minimum Gasteiger partial charge on any atom is -0.482 e. The molecule has 0 unspecified atom stereocenters. The Morgan fingerprint density at radius 2 is 2.18 bits per heavy atom. The van der Waals surface area contributed by atoms with Gasteiger partial charge >= 0.3 is 5.97 Å². The van der Waals surface area contributed by atoms with Crippen molar-refractivity contribution in [2.24, 2.45) is 5.73 Å². The van der Waals surface area contributed by atoms with E-state index in [1.807, 2.05) is 32.0 Å². The molecule has 0 saturated carbocycles. The topological polar surface area (TPSA) is 61.5 Å². The van der Waals surface area contributed by atoms with Crippen molar-refractivity contribution in [2.75, 3.05) is 13.2 Å². The normalized spacial score (nSPS) is 12.0. The number of nitrogens with two attached hydrogens (primary N) is 1. The maximum atomic E-state index is 11.2. The first kappa shape index (κ1) is 13.5. The van der Waals surface area contributed by atoms with E-state index in [-0.39, 0.29) is 18.6 Å². The quantitative estimate of drug-likeness (QED) is 0.795. The number of esters is 1. The third-order valence-electron chi connectivity index (χ3n) is 2.31. The van der Waals surface area contributed by atoms with Crippen molar-refractivity contribution in [3.63, 3.8) is 0 Å². The summed E-state index contributed by atoms with van der Waals surface area (Å²) in [6.07, 6.45) is 0. The Labute approximate surface area is 102 Å². The SMILES string of the molecule is CCOC(=O)COc1ccc(C)cc1[C@@H](C)N. The Morgan fingerprint density at radius 3 is 2.76 bits per heavy atom. The lowest BCUT2D eigenvalue weighted by atomic mass is 10.1. The Bertz CT molecular complexity index is 388. The number of carbonyl (C=O) groups is 1. The standard InChI is InChI=1S/C13H19NO3/c1-4-16-13(15)8-17-12-6-5-9(2)7-11(12)10(3)14/h5-7,10H,4,8,14H2,1-3H3/t10-/m1/s1. The van der Waals surface area contributed by atoms with Gasteiger partial charge in [0, 0.05) is 11.6 Å². The highest BCUT2D eigenvalue weighted by Gasteiger charge is 2.10. The van der Waals surface area contributed by atoms with E-state index < -0.39 is 0 Å². The number of hydrogen-bond acceptors (Lipinski definition) is 4. The second-order valence-corrected chi connectivity index (χ2v) is 3.92. The molecule has 0 aliphatic heterocycles. The highest BCUT2D eigenvalue weighted by atomic mass is 16.6. The van der Waals surface area contributed by atoms with Crippen LogP contribution in [0.1, 0.15) is 31.0 Å². The van der Waals surface area contributed by atoms with Crippen LogP contribution in [-0.2, 0) is 9.53 Å². The largest absolute Gasteiger partial charge is 0.482 e. The van der Waals surface area contributed by atoms with Crippen LogP contribution >= 0.6 is 0 Å². The molecule has 0 aliphatic carbocycles. The lowest BCUT2D eigenvalue weighted by Gasteiger charge is -2.14. The molecule has 0 bridgehead atoms. The number of rotatable bonds is 5. The summed E-state index contributed by atoms with van der Waals surface area (Å²) in [5.74, 6) is 0.266. The van der Waals surface area contributed by atoms with Crippen molar-refractivity contribution in [2.45, 2.75) is 26.8 Å². The van der Waals surface area contributed by atoms with Crippen LogP contribution in [0.15, 0.2) is 18.2 Å². The molecular weight excluding hydrogens is 218 g/mol. The van der Waals surface area contributed by atoms with E-state index in [4.69, 9.17) is 15.2 Å². The van der Waals surface area contributed by atoms with Crippen molar-refractivity contribution < 1.29 is 14.3 Å². The average Bonchev–Trinajstić information content (AvgIpc) is 2.27. The first-order chi connectivity index (χ1) is 8.04. The third kappa shape index (κ3) is 4.07. The molecule has 1 aromatic carbocycles. The summed E-state index contributed by atoms with van der Waals surface area (Å²) >= 11 is 0. The van der Waals surface area contributed by atoms with Crippen molar-refractivity contribution in [3.05, 3.63) is 29.3 Å². The van der Waals surface area contributed by atoms with Gasteiger partial charge in [-0.2, -0.15) is 0 Å². The number of hydrogen-bond donors (Lipinski definition) is 1. The Morgan fingerprint density at radius 1 is 1.47 bits per heavy atom.